The van der Waals surface area contributed by atoms with Gasteiger partial charge in [-0.25, -0.2) is 9.47 Å². The Bertz CT molecular complexity index is 1340. The number of esters is 1. The highest BCUT2D eigenvalue weighted by Crippen LogP contribution is 2.44. The third-order valence-corrected chi connectivity index (χ3v) is 6.06. The molecule has 0 amide bonds. The number of hydrogen-bond acceptors (Lipinski definition) is 10. The van der Waals surface area contributed by atoms with Gasteiger partial charge in [-0.05, 0) is 29.8 Å². The maximum absolute atomic E-state index is 13.8. The van der Waals surface area contributed by atoms with Crippen molar-refractivity contribution >= 4 is 16.7 Å². The summed E-state index contributed by atoms with van der Waals surface area (Å²) in [5, 5.41) is 12.8. The van der Waals surface area contributed by atoms with Gasteiger partial charge in [-0.1, -0.05) is 0 Å². The number of hydrogen-bond donors (Lipinski definition) is 1. The molecule has 1 fully saturated rings. The molecule has 1 aromatic heterocycles. The number of phenols is 1. The number of ether oxygens (including phenoxy) is 6. The smallest absolute Gasteiger partial charge is 0.357 e. The standard InChI is InChI=1S/C25H28N2O9/c1-31-18-13-15-16(12-17(18)28)24(29)27(26-6-8-36-9-7-26)22(25(30)35-5)21(15)14-10-19(32-2)23(34-4)20(11-14)33-3/h10-13,28H,6-9H2,1-5H3. The van der Waals surface area contributed by atoms with Crippen molar-refractivity contribution in [3.05, 3.63) is 40.3 Å². The zero-order chi connectivity index (χ0) is 26.0. The van der Waals surface area contributed by atoms with Gasteiger partial charge in [0.25, 0.3) is 5.56 Å². The first-order chi connectivity index (χ1) is 17.4. The highest BCUT2D eigenvalue weighted by Gasteiger charge is 2.30. The monoisotopic (exact) mass is 500 g/mol. The topological polar surface area (TPSA) is 118 Å². The number of nitrogens with zero attached hydrogens (tertiary/aromatic N) is 2. The van der Waals surface area contributed by atoms with Crippen LogP contribution in [0.1, 0.15) is 10.5 Å². The van der Waals surface area contributed by atoms with Crippen LogP contribution < -0.4 is 29.5 Å². The number of methoxy groups -OCH3 is 5. The van der Waals surface area contributed by atoms with E-state index in [1.54, 1.807) is 17.1 Å². The van der Waals surface area contributed by atoms with Crippen molar-refractivity contribution in [2.24, 2.45) is 0 Å². The van der Waals surface area contributed by atoms with E-state index in [0.717, 1.165) is 0 Å². The lowest BCUT2D eigenvalue weighted by Crippen LogP contribution is -2.51. The van der Waals surface area contributed by atoms with Crippen LogP contribution in [0.2, 0.25) is 0 Å². The molecule has 1 N–H and O–H groups in total. The first-order valence-electron chi connectivity index (χ1n) is 11.1. The van der Waals surface area contributed by atoms with Gasteiger partial charge in [-0.15, -0.1) is 0 Å². The summed E-state index contributed by atoms with van der Waals surface area (Å²) in [7, 11) is 7.10. The van der Waals surface area contributed by atoms with Crippen LogP contribution in [0.3, 0.4) is 0 Å². The van der Waals surface area contributed by atoms with E-state index in [0.29, 0.717) is 60.1 Å². The second kappa shape index (κ2) is 10.2. The third kappa shape index (κ3) is 4.11. The van der Waals surface area contributed by atoms with E-state index in [9.17, 15) is 14.7 Å². The summed E-state index contributed by atoms with van der Waals surface area (Å²) < 4.78 is 33.7. The molecule has 2 heterocycles. The number of benzene rings is 2. The predicted molar refractivity (Wildman–Crippen MR) is 132 cm³/mol. The summed E-state index contributed by atoms with van der Waals surface area (Å²) in [6, 6.07) is 6.20. The van der Waals surface area contributed by atoms with E-state index >= 15 is 0 Å². The number of pyridine rings is 1. The summed E-state index contributed by atoms with van der Waals surface area (Å²) in [6.45, 7) is 1.48. The lowest BCUT2D eigenvalue weighted by atomic mass is 9.95. The summed E-state index contributed by atoms with van der Waals surface area (Å²) in [6.07, 6.45) is 0. The van der Waals surface area contributed by atoms with Crippen molar-refractivity contribution in [3.63, 3.8) is 0 Å². The fourth-order valence-corrected chi connectivity index (χ4v) is 4.39. The molecule has 192 valence electrons. The second-order valence-corrected chi connectivity index (χ2v) is 7.88. The van der Waals surface area contributed by atoms with E-state index in [-0.39, 0.29) is 22.6 Å². The van der Waals surface area contributed by atoms with Gasteiger partial charge < -0.3 is 38.5 Å². The fraction of sp³-hybridized carbons (Fsp3) is 0.360. The van der Waals surface area contributed by atoms with Gasteiger partial charge >= 0.3 is 5.97 Å². The van der Waals surface area contributed by atoms with Crippen molar-refractivity contribution in [1.82, 2.24) is 4.68 Å². The van der Waals surface area contributed by atoms with Gasteiger partial charge in [0.1, 0.15) is 0 Å². The van der Waals surface area contributed by atoms with Crippen molar-refractivity contribution in [2.75, 3.05) is 66.9 Å². The van der Waals surface area contributed by atoms with E-state index in [4.69, 9.17) is 28.4 Å². The molecule has 0 aliphatic carbocycles. The number of aromatic hydroxyl groups is 1. The van der Waals surface area contributed by atoms with Crippen molar-refractivity contribution in [3.8, 4) is 39.9 Å². The van der Waals surface area contributed by atoms with Gasteiger partial charge in [-0.2, -0.15) is 0 Å². The molecule has 11 nitrogen and oxygen atoms in total. The van der Waals surface area contributed by atoms with Gasteiger partial charge in [0.05, 0.1) is 67.2 Å². The zero-order valence-electron chi connectivity index (χ0n) is 20.7. The Kier molecular flexibility index (Phi) is 7.11. The van der Waals surface area contributed by atoms with Crippen LogP contribution in [0, 0.1) is 0 Å². The Morgan fingerprint density at radius 3 is 2.00 bits per heavy atom. The molecular formula is C25H28N2O9. The number of phenolic OH excluding ortho intramolecular Hbond substituents is 1. The summed E-state index contributed by atoms with van der Waals surface area (Å²) in [4.78, 5) is 27.1. The molecule has 0 unspecified atom stereocenters. The van der Waals surface area contributed by atoms with E-state index in [1.165, 1.54) is 52.4 Å². The minimum absolute atomic E-state index is 0.00100. The first-order valence-corrected chi connectivity index (χ1v) is 11.1. The SMILES string of the molecule is COC(=O)c1c(-c2cc(OC)c(OC)c(OC)c2)c2cc(OC)c(O)cc2c(=O)n1N1CCOCC1. The van der Waals surface area contributed by atoms with Crippen molar-refractivity contribution < 1.29 is 38.3 Å². The fourth-order valence-electron chi connectivity index (χ4n) is 4.39. The number of aromatic nitrogens is 1. The van der Waals surface area contributed by atoms with E-state index < -0.39 is 11.5 Å². The number of fused-ring (bicyclic) bond motifs is 1. The highest BCUT2D eigenvalue weighted by atomic mass is 16.5. The maximum Gasteiger partial charge on any atom is 0.357 e. The quantitative estimate of drug-likeness (QED) is 0.484. The van der Waals surface area contributed by atoms with Gasteiger partial charge in [0.2, 0.25) is 5.75 Å². The van der Waals surface area contributed by atoms with Crippen molar-refractivity contribution in [2.45, 2.75) is 0 Å². The van der Waals surface area contributed by atoms with Crippen LogP contribution in [-0.4, -0.2) is 77.6 Å². The van der Waals surface area contributed by atoms with Gasteiger partial charge in [0, 0.05) is 10.9 Å². The largest absolute Gasteiger partial charge is 0.504 e. The van der Waals surface area contributed by atoms with Crippen LogP contribution in [0.4, 0.5) is 0 Å². The number of carbonyl (C=O) groups excluding carboxylic acids is 1. The third-order valence-electron chi connectivity index (χ3n) is 6.06. The van der Waals surface area contributed by atoms with Crippen LogP contribution in [0.15, 0.2) is 29.1 Å². The zero-order valence-corrected chi connectivity index (χ0v) is 20.7. The molecule has 1 aliphatic rings. The highest BCUT2D eigenvalue weighted by molar-refractivity contribution is 6.08. The molecule has 11 heteroatoms. The Hall–Kier alpha value is -4.12. The molecule has 0 bridgehead atoms. The van der Waals surface area contributed by atoms with Gasteiger partial charge in [0.15, 0.2) is 28.7 Å². The molecule has 4 rings (SSSR count). The van der Waals surface area contributed by atoms with Gasteiger partial charge in [-0.3, -0.25) is 4.79 Å². The normalized spacial score (nSPS) is 13.4. The molecular weight excluding hydrogens is 472 g/mol. The minimum atomic E-state index is -0.726. The molecule has 1 saturated heterocycles. The Labute approximate surface area is 207 Å². The van der Waals surface area contributed by atoms with Crippen LogP contribution in [-0.2, 0) is 9.47 Å². The molecule has 0 radical (unpaired) electrons. The van der Waals surface area contributed by atoms with Crippen molar-refractivity contribution in [1.29, 1.82) is 0 Å². The lowest BCUT2D eigenvalue weighted by molar-refractivity contribution is 0.0580. The average Bonchev–Trinajstić information content (AvgIpc) is 2.91. The molecule has 2 aromatic carbocycles. The number of morpholine rings is 1. The van der Waals surface area contributed by atoms with E-state index in [1.807, 2.05) is 0 Å². The molecule has 0 saturated carbocycles. The van der Waals surface area contributed by atoms with Crippen LogP contribution in [0.25, 0.3) is 21.9 Å². The Balaban J connectivity index is 2.22. The maximum atomic E-state index is 13.8. The molecule has 0 atom stereocenters. The molecule has 3 aromatic rings. The molecule has 0 spiro atoms. The average molecular weight is 501 g/mol. The van der Waals surface area contributed by atoms with Crippen LogP contribution >= 0.6 is 0 Å². The Morgan fingerprint density at radius 2 is 1.47 bits per heavy atom. The lowest BCUT2D eigenvalue weighted by Gasteiger charge is -2.33. The first kappa shape index (κ1) is 25.0. The molecule has 1 aliphatic heterocycles. The van der Waals surface area contributed by atoms with Crippen LogP contribution in [0.5, 0.6) is 28.7 Å². The molecule has 36 heavy (non-hydrogen) atoms. The number of rotatable bonds is 7. The minimum Gasteiger partial charge on any atom is -0.504 e. The number of carbonyl (C=O) groups is 1. The predicted octanol–water partition coefficient (Wildman–Crippen LogP) is 2.16. The summed E-state index contributed by atoms with van der Waals surface area (Å²) >= 11 is 0. The van der Waals surface area contributed by atoms with E-state index in [2.05, 4.69) is 0 Å². The summed E-state index contributed by atoms with van der Waals surface area (Å²) in [5.41, 5.74) is 0.352. The second-order valence-electron chi connectivity index (χ2n) is 7.88. The Morgan fingerprint density at radius 1 is 0.861 bits per heavy atom. The summed E-state index contributed by atoms with van der Waals surface area (Å²) in [5.74, 6) is 0.268.